The highest BCUT2D eigenvalue weighted by molar-refractivity contribution is 6.02. The van der Waals surface area contributed by atoms with E-state index in [-0.39, 0.29) is 102 Å². The van der Waals surface area contributed by atoms with E-state index in [0.29, 0.717) is 54.3 Å². The summed E-state index contributed by atoms with van der Waals surface area (Å²) in [5.41, 5.74) is 30.3. The van der Waals surface area contributed by atoms with Gasteiger partial charge in [0, 0.05) is 74.9 Å². The number of carbonyl (C=O) groups excluding carboxylic acids is 16. The van der Waals surface area contributed by atoms with Crippen molar-refractivity contribution in [3.8, 4) is 0 Å². The number of fused-ring (bicyclic) bond motifs is 1. The first-order chi connectivity index (χ1) is 65.3. The van der Waals surface area contributed by atoms with Gasteiger partial charge in [-0.2, -0.15) is 0 Å². The Morgan fingerprint density at radius 3 is 1.28 bits per heavy atom. The number of aromatic nitrogens is 3. The topological polar surface area (TPSA) is 800 Å². The zero-order chi connectivity index (χ0) is 103. The molecule has 0 fully saturated rings. The number of aliphatic carboxylic acids is 3. The van der Waals surface area contributed by atoms with Crippen LogP contribution in [0.4, 0.5) is 0 Å². The van der Waals surface area contributed by atoms with E-state index in [0.717, 1.165) is 6.34 Å². The number of unbranched alkanes of at least 4 members (excludes halogenated alkanes) is 3. The van der Waals surface area contributed by atoms with E-state index in [1.165, 1.54) is 26.4 Å². The van der Waals surface area contributed by atoms with Crippen molar-refractivity contribution < 1.29 is 106 Å². The van der Waals surface area contributed by atoms with Crippen molar-refractivity contribution >= 4 is 136 Å². The van der Waals surface area contributed by atoms with Gasteiger partial charge in [0.15, 0.2) is 5.96 Å². The molecule has 48 nitrogen and oxygen atoms in total. The van der Waals surface area contributed by atoms with Crippen molar-refractivity contribution in [3.05, 3.63) is 90.1 Å². The lowest BCUT2D eigenvalue weighted by Crippen LogP contribution is -2.62. The quantitative estimate of drug-likeness (QED) is 0.0116. The van der Waals surface area contributed by atoms with Gasteiger partial charge in [0.05, 0.1) is 31.2 Å². The molecule has 14 atom stereocenters. The minimum absolute atomic E-state index is 0.0170. The third-order valence-electron chi connectivity index (χ3n) is 21.9. The van der Waals surface area contributed by atoms with Crippen LogP contribution < -0.4 is 114 Å². The van der Waals surface area contributed by atoms with Crippen molar-refractivity contribution in [2.75, 3.05) is 26.2 Å². The number of benzene rings is 2. The Labute approximate surface area is 799 Å². The molecule has 0 aliphatic heterocycles. The molecule has 762 valence electrons. The van der Waals surface area contributed by atoms with Gasteiger partial charge in [-0.05, 0) is 144 Å². The average Bonchev–Trinajstić information content (AvgIpc) is 1.17. The van der Waals surface area contributed by atoms with Crippen LogP contribution in [0, 0.1) is 34.5 Å². The highest BCUT2D eigenvalue weighted by atomic mass is 16.4. The second-order valence-electron chi connectivity index (χ2n) is 35.2. The number of carboxylic acid groups (broad SMARTS) is 3. The number of H-pyrrole nitrogens is 2. The van der Waals surface area contributed by atoms with E-state index in [9.17, 15) is 92.0 Å². The molecule has 2 aromatic heterocycles. The van der Waals surface area contributed by atoms with E-state index >= 15 is 14.4 Å². The smallest absolute Gasteiger partial charge is 0.326 e. The Morgan fingerprint density at radius 2 is 0.819 bits per heavy atom. The van der Waals surface area contributed by atoms with E-state index in [2.05, 4.69) is 100 Å². The monoisotopic (exact) mass is 1940 g/mol. The fourth-order valence-corrected chi connectivity index (χ4v) is 14.6. The second-order valence-corrected chi connectivity index (χ2v) is 35.2. The van der Waals surface area contributed by atoms with Crippen LogP contribution in [0.3, 0.4) is 0 Å². The molecule has 2 aromatic carbocycles. The van der Waals surface area contributed by atoms with Crippen LogP contribution in [-0.2, 0) is 110 Å². The maximum absolute atomic E-state index is 15.1. The van der Waals surface area contributed by atoms with E-state index in [4.69, 9.17) is 39.5 Å². The third kappa shape index (κ3) is 43.2. The van der Waals surface area contributed by atoms with Gasteiger partial charge in [0.25, 0.3) is 0 Å². The molecule has 4 aromatic rings. The van der Waals surface area contributed by atoms with Gasteiger partial charge < -0.3 is 139 Å². The highest BCUT2D eigenvalue weighted by Crippen LogP contribution is 2.22. The summed E-state index contributed by atoms with van der Waals surface area (Å²) >= 11 is 0. The third-order valence-corrected chi connectivity index (χ3v) is 21.9. The summed E-state index contributed by atoms with van der Waals surface area (Å²) < 4.78 is 0. The predicted molar refractivity (Wildman–Crippen MR) is 505 cm³/mol. The zero-order valence-corrected chi connectivity index (χ0v) is 79.2. The summed E-state index contributed by atoms with van der Waals surface area (Å²) in [5, 5.41) is 86.7. The number of carbonyl (C=O) groups is 19. The minimum Gasteiger partial charge on any atom is -0.481 e. The Kier molecular flexibility index (Phi) is 51.3. The van der Waals surface area contributed by atoms with Crippen LogP contribution in [0.2, 0.25) is 0 Å². The fraction of sp³-hybridized carbons (Fsp3) is 0.578. The summed E-state index contributed by atoms with van der Waals surface area (Å²) in [6, 6.07) is -7.61. The van der Waals surface area contributed by atoms with E-state index < -0.39 is 266 Å². The Hall–Kier alpha value is -14.2. The van der Waals surface area contributed by atoms with Crippen LogP contribution in [0.25, 0.3) is 10.9 Å². The number of carboxylic acids is 3. The van der Waals surface area contributed by atoms with Gasteiger partial charge in [0.1, 0.15) is 84.6 Å². The molecule has 14 unspecified atom stereocenters. The summed E-state index contributed by atoms with van der Waals surface area (Å²) in [5.74, 6) is -23.4. The summed E-state index contributed by atoms with van der Waals surface area (Å²) in [6.07, 6.45) is 1.09. The van der Waals surface area contributed by atoms with Gasteiger partial charge >= 0.3 is 17.9 Å². The molecule has 138 heavy (non-hydrogen) atoms. The maximum atomic E-state index is 15.1. The summed E-state index contributed by atoms with van der Waals surface area (Å²) in [4.78, 5) is 275. The van der Waals surface area contributed by atoms with Gasteiger partial charge in [0.2, 0.25) is 94.5 Å². The lowest BCUT2D eigenvalue weighted by atomic mass is 9.99. The molecule has 0 spiro atoms. The molecule has 0 saturated heterocycles. The fourth-order valence-electron chi connectivity index (χ4n) is 14.6. The number of amides is 16. The number of nitrogens with one attached hydrogen (secondary N) is 20. The molecule has 0 bridgehead atoms. The van der Waals surface area contributed by atoms with Crippen molar-refractivity contribution in [1.29, 1.82) is 10.8 Å². The first-order valence-electron chi connectivity index (χ1n) is 46.1. The normalized spacial score (nSPS) is 14.2. The maximum Gasteiger partial charge on any atom is 0.326 e. The van der Waals surface area contributed by atoms with Gasteiger partial charge in [-0.15, -0.1) is 0 Å². The largest absolute Gasteiger partial charge is 0.481 e. The SMILES string of the molecule is CC(C)CC(NC(=O)C(CCCCN)NC(=O)C(CCCCN)NC(=O)C(CCCNC(=N)N)NC(=O)C(CC(C)C)NC(=O)C(Cc1c[nH]c2ccccc12)NC(=O)C(CCC(=O)O)NC(=O)C(NC(=O)CCCCNC=N)C(C)C)C(=O)NC(CCC(N)=O)C(=O)NC(CC(=O)O)C(=O)NC(C(=O)NC(Cc1c[nH]cn1)C(=O)NC(CC(N)=O)C(=O)NC(Cc1ccccc1)C(=O)O)C(C)C. The van der Waals surface area contributed by atoms with Gasteiger partial charge in [-0.3, -0.25) is 97.1 Å². The number of nitrogens with zero attached hydrogens (tertiary/aromatic N) is 1. The number of nitrogens with two attached hydrogens (primary N) is 5. The van der Waals surface area contributed by atoms with Crippen LogP contribution in [0.1, 0.15) is 194 Å². The number of aromatic amines is 2. The van der Waals surface area contributed by atoms with Crippen molar-refractivity contribution in [3.63, 3.8) is 0 Å². The van der Waals surface area contributed by atoms with E-state index in [1.54, 1.807) is 102 Å². The predicted octanol–water partition coefficient (Wildman–Crippen LogP) is -3.44. The Morgan fingerprint density at radius 1 is 0.399 bits per heavy atom. The Balaban J connectivity index is 1.66. The number of hydrogen-bond acceptors (Lipinski definition) is 24. The number of imidazole rings is 1. The number of rotatable bonds is 68. The highest BCUT2D eigenvalue weighted by Gasteiger charge is 2.41. The first kappa shape index (κ1) is 116. The molecule has 0 aliphatic carbocycles. The molecular formula is C90H140N26O22. The number of guanidine groups is 1. The van der Waals surface area contributed by atoms with Crippen LogP contribution in [-0.4, -0.2) is 266 Å². The lowest BCUT2D eigenvalue weighted by molar-refractivity contribution is -0.143. The lowest BCUT2D eigenvalue weighted by Gasteiger charge is -2.29. The van der Waals surface area contributed by atoms with Crippen molar-refractivity contribution in [1.82, 2.24) is 100 Å². The van der Waals surface area contributed by atoms with E-state index in [1.807, 2.05) is 0 Å². The van der Waals surface area contributed by atoms with Crippen LogP contribution in [0.15, 0.2) is 73.3 Å². The molecule has 0 aliphatic rings. The molecule has 48 heteroatoms. The molecular weight excluding hydrogens is 1800 g/mol. The number of hydrogen-bond donors (Lipinski definition) is 28. The average molecular weight is 1940 g/mol. The molecule has 16 amide bonds. The zero-order valence-electron chi connectivity index (χ0n) is 79.2. The molecule has 0 radical (unpaired) electrons. The van der Waals surface area contributed by atoms with Crippen molar-refractivity contribution in [2.24, 2.45) is 52.3 Å². The van der Waals surface area contributed by atoms with Crippen molar-refractivity contribution in [2.45, 2.75) is 281 Å². The number of primary amides is 2. The second kappa shape index (κ2) is 61.0. The molecule has 4 rings (SSSR count). The standard InChI is InChI=1S/C90H140N26O22/c1-48(2)37-62(82(130)106-60(29-31-69(94)117)79(127)112-67(43-73(122)123)86(134)116-75(51(7)8)88(136)113-65(41-54-45-99-47-102-54)84(132)111-66(42-70(95)118)85(133)114-68(89(137)138)39-52-21-10-9-11-22-52)108-78(126)58(26-15-18-34-92)104-76(124)57(25-14-17-33-91)103-77(125)59(27-20-36-100-90(96)97)105-81(129)63(38-49(3)4)109-83(131)64(40-53-44-101-56-24-13-12-23-55(53)56)110-80(128)61(30-32-72(120)121)107-87(135)74(50(5)6)115-71(119)28-16-19-35-98-46-93/h9-13,21-24,44-51,57-68,74-75,101H,14-20,25-43,91-92H2,1-8H3,(H2,93,98)(H2,94,117)(H2,95,118)(H,99,102)(H,103,125)(H,104,124)(H,105,129)(H,106,130)(H,107,135)(H,108,126)(H,109,131)(H,110,128)(H,111,132)(H,112,127)(H,113,136)(H,114,133)(H,115,119)(H,116,134)(H,120,121)(H,122,123)(H,137,138)(H4,96,97,100). The van der Waals surface area contributed by atoms with Gasteiger partial charge in [-0.25, -0.2) is 9.78 Å². The molecule has 0 saturated carbocycles. The molecule has 33 N–H and O–H groups in total. The first-order valence-corrected chi connectivity index (χ1v) is 46.1. The van der Waals surface area contributed by atoms with Crippen LogP contribution >= 0.6 is 0 Å². The van der Waals surface area contributed by atoms with Crippen LogP contribution in [0.5, 0.6) is 0 Å². The Bertz CT molecular complexity index is 4740. The minimum atomic E-state index is -2.09. The summed E-state index contributed by atoms with van der Waals surface area (Å²) in [6.45, 7) is 13.6. The van der Waals surface area contributed by atoms with Gasteiger partial charge in [-0.1, -0.05) is 104 Å². The molecule has 2 heterocycles. The summed E-state index contributed by atoms with van der Waals surface area (Å²) in [7, 11) is 0. The number of para-hydroxylation sites is 1.